The minimum atomic E-state index is -3.28. The summed E-state index contributed by atoms with van der Waals surface area (Å²) in [6, 6.07) is 15.7. The van der Waals surface area contributed by atoms with Crippen molar-refractivity contribution in [1.82, 2.24) is 16.4 Å². The van der Waals surface area contributed by atoms with Gasteiger partial charge in [-0.1, -0.05) is 57.5 Å². The number of ether oxygens (including phenoxy) is 5. The van der Waals surface area contributed by atoms with E-state index >= 15 is 0 Å². The Morgan fingerprint density at radius 2 is 1.34 bits per heavy atom. The Morgan fingerprint density at radius 3 is 1.65 bits per heavy atom. The fourth-order valence-corrected chi connectivity index (χ4v) is 6.04. The lowest BCUT2D eigenvalue weighted by Crippen LogP contribution is -3.00. The molecule has 0 bridgehead atoms. The molecule has 2 aromatic rings. The molecule has 65 heavy (non-hydrogen) atoms. The van der Waals surface area contributed by atoms with Crippen LogP contribution in [0.15, 0.2) is 61.2 Å². The average Bonchev–Trinajstić information content (AvgIpc) is 4.04. The SMILES string of the molecule is C#CCOCC(COc1ccc(C(C)(C)c2ccc(OCC(C)COC(=O)C[NH3+])cc2)cc1)OC(=O)CCl.C=CC(=O)NC(C)(C)C.CC(C)(C)N1CC1.CC(C)(C)OS(C)(=O)=O.N.[Cl-]. The van der Waals surface area contributed by atoms with Gasteiger partial charge in [0.05, 0.1) is 31.7 Å². The Hall–Kier alpha value is -3.92. The number of carbonyl (C=O) groups excluding carboxylic acids is 3. The summed E-state index contributed by atoms with van der Waals surface area (Å²) < 4.78 is 52.7. The molecule has 0 aliphatic carbocycles. The second kappa shape index (κ2) is 31.1. The average molecular weight is 978 g/mol. The van der Waals surface area contributed by atoms with E-state index in [9.17, 15) is 22.8 Å². The lowest BCUT2D eigenvalue weighted by Gasteiger charge is -2.27. The van der Waals surface area contributed by atoms with Crippen LogP contribution in [0.4, 0.5) is 0 Å². The van der Waals surface area contributed by atoms with E-state index in [0.29, 0.717) is 24.5 Å². The number of amides is 1. The van der Waals surface area contributed by atoms with Gasteiger partial charge in [0.15, 0.2) is 12.6 Å². The van der Waals surface area contributed by atoms with E-state index < -0.39 is 27.8 Å². The maximum absolute atomic E-state index is 11.6. The van der Waals surface area contributed by atoms with Gasteiger partial charge in [-0.05, 0) is 104 Å². The topological polar surface area (TPSA) is 218 Å². The number of esters is 2. The summed E-state index contributed by atoms with van der Waals surface area (Å²) in [5, 5.41) is 2.71. The molecule has 2 aromatic carbocycles. The van der Waals surface area contributed by atoms with E-state index in [1.54, 1.807) is 20.8 Å². The lowest BCUT2D eigenvalue weighted by atomic mass is 9.78. The molecular weight excluding hydrogens is 900 g/mol. The Balaban J connectivity index is -0.00000115. The minimum Gasteiger partial charge on any atom is -1.00 e. The Bertz CT molecular complexity index is 1830. The van der Waals surface area contributed by atoms with E-state index in [4.69, 9.17) is 41.7 Å². The van der Waals surface area contributed by atoms with Crippen LogP contribution in [0.2, 0.25) is 0 Å². The number of hydrogen-bond acceptors (Lipinski definition) is 13. The number of carbonyl (C=O) groups is 3. The standard InChI is InChI=1S/C29H36ClNO7.C7H13NO.C6H13N.C5H12O3S.ClH.H3N/c1-5-14-34-19-26(38-27(32)15-30)20-36-25-12-8-23(9-13-25)29(3,4)22-6-10-24(11-7-22)35-17-21(2)18-37-28(33)16-31;1-5-6(9)8-7(2,3)4;1-6(2,3)7-4-5-7;1-5(2,3)8-9(4,6)7;;/h1,6-13,21,26H,14-20,31H2,2-4H3;5H,1H2,2-4H3,(H,8,9);4-5H2,1-3H3;1-4H3;1H;1H3. The first kappa shape index (κ1) is 65.4. The van der Waals surface area contributed by atoms with Crippen LogP contribution in [0.3, 0.4) is 0 Å². The number of quaternary nitrogens is 1. The highest BCUT2D eigenvalue weighted by molar-refractivity contribution is 7.86. The predicted molar refractivity (Wildman–Crippen MR) is 254 cm³/mol. The van der Waals surface area contributed by atoms with Gasteiger partial charge < -0.3 is 53.3 Å². The van der Waals surface area contributed by atoms with Gasteiger partial charge in [-0.3, -0.25) is 18.7 Å². The molecule has 372 valence electrons. The van der Waals surface area contributed by atoms with Gasteiger partial charge in [0.2, 0.25) is 5.91 Å². The summed E-state index contributed by atoms with van der Waals surface area (Å²) in [5.74, 6) is 2.58. The summed E-state index contributed by atoms with van der Waals surface area (Å²) in [6.45, 7) is 31.0. The van der Waals surface area contributed by atoms with Crippen LogP contribution in [-0.4, -0.2) is 119 Å². The monoisotopic (exact) mass is 976 g/mol. The highest BCUT2D eigenvalue weighted by Gasteiger charge is 2.29. The normalized spacial score (nSPS) is 13.2. The first-order chi connectivity index (χ1) is 29.0. The number of nitrogens with one attached hydrogen (secondary N) is 1. The van der Waals surface area contributed by atoms with Crippen molar-refractivity contribution < 1.29 is 68.8 Å². The molecule has 1 heterocycles. The molecule has 1 aliphatic heterocycles. The zero-order valence-corrected chi connectivity index (χ0v) is 43.3. The van der Waals surface area contributed by atoms with Crippen molar-refractivity contribution in [1.29, 1.82) is 0 Å². The molecule has 2 unspecified atom stereocenters. The van der Waals surface area contributed by atoms with Gasteiger partial charge in [0.1, 0.15) is 30.6 Å². The van der Waals surface area contributed by atoms with Crippen molar-refractivity contribution in [2.45, 2.75) is 111 Å². The van der Waals surface area contributed by atoms with Gasteiger partial charge in [-0.15, -0.1) is 18.0 Å². The molecule has 18 heteroatoms. The van der Waals surface area contributed by atoms with Crippen LogP contribution in [-0.2, 0) is 48.3 Å². The number of halogens is 2. The van der Waals surface area contributed by atoms with E-state index in [0.717, 1.165) is 23.1 Å². The van der Waals surface area contributed by atoms with Crippen molar-refractivity contribution in [3.63, 3.8) is 0 Å². The van der Waals surface area contributed by atoms with Gasteiger partial charge in [-0.25, -0.2) is 4.79 Å². The van der Waals surface area contributed by atoms with Crippen molar-refractivity contribution in [3.8, 4) is 23.8 Å². The Kier molecular flexibility index (Phi) is 31.3. The number of alkyl halides is 1. The zero-order valence-electron chi connectivity index (χ0n) is 41.0. The summed E-state index contributed by atoms with van der Waals surface area (Å²) in [4.78, 5) is 35.9. The number of hydrogen-bond donors (Lipinski definition) is 3. The molecule has 1 aliphatic rings. The Labute approximate surface area is 401 Å². The van der Waals surface area contributed by atoms with Crippen molar-refractivity contribution in [2.24, 2.45) is 5.92 Å². The molecule has 1 fully saturated rings. The van der Waals surface area contributed by atoms with E-state index in [1.807, 2.05) is 76.2 Å². The maximum Gasteiger partial charge on any atom is 0.361 e. The predicted octanol–water partition coefficient (Wildman–Crippen LogP) is 3.11. The second-order valence-electron chi connectivity index (χ2n) is 18.3. The van der Waals surface area contributed by atoms with Crippen LogP contribution in [0.25, 0.3) is 0 Å². The summed E-state index contributed by atoms with van der Waals surface area (Å²) in [5.41, 5.74) is 5.15. The van der Waals surface area contributed by atoms with Crippen LogP contribution in [0.1, 0.15) is 94.2 Å². The molecule has 1 amide bonds. The number of nitrogens with zero attached hydrogens (tertiary/aromatic N) is 1. The van der Waals surface area contributed by atoms with Crippen LogP contribution >= 0.6 is 11.6 Å². The first-order valence-corrected chi connectivity index (χ1v) is 23.1. The largest absolute Gasteiger partial charge is 1.00 e. The lowest BCUT2D eigenvalue weighted by molar-refractivity contribution is -0.359. The van der Waals surface area contributed by atoms with Crippen molar-refractivity contribution in [3.05, 3.63) is 72.3 Å². The zero-order chi connectivity index (χ0) is 48.7. The molecule has 0 radical (unpaired) electrons. The van der Waals surface area contributed by atoms with Crippen molar-refractivity contribution in [2.75, 3.05) is 64.8 Å². The molecule has 1 saturated heterocycles. The fourth-order valence-electron chi connectivity index (χ4n) is 5.06. The molecule has 7 N–H and O–H groups in total. The Morgan fingerprint density at radius 1 is 0.862 bits per heavy atom. The van der Waals surface area contributed by atoms with Gasteiger partial charge in [0.25, 0.3) is 10.1 Å². The highest BCUT2D eigenvalue weighted by atomic mass is 35.5. The highest BCUT2D eigenvalue weighted by Crippen LogP contribution is 2.33. The van der Waals surface area contributed by atoms with E-state index in [-0.39, 0.29) is 79.6 Å². The van der Waals surface area contributed by atoms with Crippen LogP contribution in [0.5, 0.6) is 11.5 Å². The quantitative estimate of drug-likeness (QED) is 0.0373. The third-order valence-electron chi connectivity index (χ3n) is 8.23. The number of rotatable bonds is 18. The summed E-state index contributed by atoms with van der Waals surface area (Å²) in [6.07, 6.45) is 6.88. The van der Waals surface area contributed by atoms with Crippen molar-refractivity contribution >= 4 is 39.6 Å². The molecule has 15 nitrogen and oxygen atoms in total. The second-order valence-corrected chi connectivity index (χ2v) is 20.1. The number of terminal acetylenes is 1. The molecule has 0 spiro atoms. The third-order valence-corrected chi connectivity index (χ3v) is 9.25. The molecule has 0 aromatic heterocycles. The summed E-state index contributed by atoms with van der Waals surface area (Å²) >= 11 is 5.54. The first-order valence-electron chi connectivity index (χ1n) is 20.7. The van der Waals surface area contributed by atoms with Gasteiger partial charge >= 0.3 is 11.9 Å². The smallest absolute Gasteiger partial charge is 0.361 e. The van der Waals surface area contributed by atoms with Gasteiger partial charge in [0, 0.05) is 35.5 Å². The maximum atomic E-state index is 11.6. The minimum absolute atomic E-state index is 0. The van der Waals surface area contributed by atoms with E-state index in [2.05, 4.69) is 67.3 Å². The van der Waals surface area contributed by atoms with Crippen LogP contribution in [0, 0.1) is 18.3 Å². The molecule has 2 atom stereocenters. The molecular formula is C47H78Cl2N4O11S. The molecule has 3 rings (SSSR count). The van der Waals surface area contributed by atoms with Gasteiger partial charge in [-0.2, -0.15) is 8.42 Å². The summed E-state index contributed by atoms with van der Waals surface area (Å²) in [7, 11) is -3.28. The van der Waals surface area contributed by atoms with Crippen LogP contribution < -0.4 is 39.1 Å². The number of benzene rings is 2. The third kappa shape index (κ3) is 33.2. The fraction of sp³-hybridized carbons (Fsp3) is 0.596. The van der Waals surface area contributed by atoms with E-state index in [1.165, 1.54) is 19.2 Å². The molecule has 0 saturated carbocycles.